The van der Waals surface area contributed by atoms with Crippen molar-refractivity contribution in [1.82, 2.24) is 0 Å². The van der Waals surface area contributed by atoms with Crippen LogP contribution in [0.5, 0.6) is 17.2 Å². The Morgan fingerprint density at radius 1 is 0.305 bits per heavy atom. The predicted octanol–water partition coefficient (Wildman–Crippen LogP) is 37.3. The van der Waals surface area contributed by atoms with Crippen molar-refractivity contribution in [3.63, 3.8) is 0 Å². The topological polar surface area (TPSA) is 46.2 Å². The van der Waals surface area contributed by atoms with Gasteiger partial charge in [-0.15, -0.1) is 26.3 Å². The van der Waals surface area contributed by atoms with Gasteiger partial charge in [0.2, 0.25) is 0 Å². The molecule has 0 spiro atoms. The van der Waals surface area contributed by atoms with Gasteiger partial charge in [-0.2, -0.15) is 17.6 Å². The Morgan fingerprint density at radius 2 is 0.603 bits per heavy atom. The average Bonchev–Trinajstić information content (AvgIpc) is 0.777. The molecule has 8 fully saturated rings. The number of benzene rings is 9. The standard InChI is InChI=1S/C27H23F7O2.C26H21F7O2.C23H34.C22H31F3O.C21H30/c1-2-3-15-4-9-24(35-14-15)17-7-5-16(6-8-17)18-10-20(28)25(21(29)11-18)27(33,34)36-19-12-22(30)26(32)23(31)13-19;1-2-14-3-8-23(34-13-14)16-6-4-15(5-7-16)17-9-19(27)24(20(28)10-17)26(32,33)35-18-11-21(29)25(31)22(30)12-18;1-3-4-5-19-8-12-21(13-9-19)23-16-14-22(15-17-23)20-10-6-18(2)7-11-20;1-2-3-16-4-6-17(7-5-16)18-8-10-19(11-9-18)20-12-14-21(15-13-20)26-22(23,24)25;1-3-17-6-10-19(11-7-17)21-14-12-20(13-15-21)18-8-4-16(2)5-9-18/h5-8,10-13,15,24H,2-4,9,14H2,1H3;4-7,9-12,14,23H,2-3,8,13H2,1H3;3,6-7,10-11,19,21-23H,1,4-5,8-9,12-17H2,2H3;12-19H,2-11H2,1H3;3-5,8-9,17,19-21H,1,6-7,10-15H2,2H3. The van der Waals surface area contributed by atoms with Gasteiger partial charge < -0.3 is 23.7 Å². The zero-order chi connectivity index (χ0) is 101. The lowest BCUT2D eigenvalue weighted by molar-refractivity contribution is -0.274. The van der Waals surface area contributed by atoms with Crippen molar-refractivity contribution in [2.75, 3.05) is 13.2 Å². The molecule has 17 rings (SSSR count). The monoisotopic (exact) mass is 1970 g/mol. The maximum Gasteiger partial charge on any atom is 0.573 e. The number of alkyl halides is 7. The van der Waals surface area contributed by atoms with Crippen LogP contribution >= 0.6 is 0 Å². The largest absolute Gasteiger partial charge is 0.573 e. The van der Waals surface area contributed by atoms with E-state index in [4.69, 9.17) is 9.47 Å². The van der Waals surface area contributed by atoms with Crippen LogP contribution in [-0.2, 0) is 21.7 Å². The molecule has 5 nitrogen and oxygen atoms in total. The molecule has 2 heterocycles. The van der Waals surface area contributed by atoms with Crippen LogP contribution in [0, 0.1) is 137 Å². The molecule has 764 valence electrons. The summed E-state index contributed by atoms with van der Waals surface area (Å²) in [6.07, 6.45) is 36.3. The lowest BCUT2D eigenvalue weighted by Crippen LogP contribution is -2.25. The van der Waals surface area contributed by atoms with E-state index in [1.165, 1.54) is 203 Å². The minimum Gasteiger partial charge on any atom is -0.429 e. The zero-order valence-electron chi connectivity index (χ0n) is 82.1. The van der Waals surface area contributed by atoms with Gasteiger partial charge in [0.05, 0.1) is 25.4 Å². The molecule has 6 aliphatic carbocycles. The van der Waals surface area contributed by atoms with Gasteiger partial charge in [-0.3, -0.25) is 0 Å². The molecule has 22 heteroatoms. The van der Waals surface area contributed by atoms with Gasteiger partial charge in [0.25, 0.3) is 0 Å². The number of hydrogen-bond donors (Lipinski definition) is 0. The third kappa shape index (κ3) is 30.6. The van der Waals surface area contributed by atoms with Crippen LogP contribution < -0.4 is 14.2 Å². The normalized spacial score (nSPS) is 25.0. The van der Waals surface area contributed by atoms with E-state index >= 15 is 0 Å². The number of aryl methyl sites for hydroxylation is 2. The third-order valence-electron chi connectivity index (χ3n) is 31.7. The van der Waals surface area contributed by atoms with Gasteiger partial charge in [0.15, 0.2) is 34.9 Å². The Morgan fingerprint density at radius 3 is 0.908 bits per heavy atom. The zero-order valence-corrected chi connectivity index (χ0v) is 82.1. The molecule has 2 aliphatic heterocycles. The van der Waals surface area contributed by atoms with Gasteiger partial charge in [-0.25, -0.2) is 43.9 Å². The van der Waals surface area contributed by atoms with Crippen LogP contribution in [0.1, 0.15) is 326 Å². The lowest BCUT2D eigenvalue weighted by atomic mass is 9.68. The van der Waals surface area contributed by atoms with Crippen molar-refractivity contribution in [1.29, 1.82) is 0 Å². The summed E-state index contributed by atoms with van der Waals surface area (Å²) in [4.78, 5) is 0. The van der Waals surface area contributed by atoms with Gasteiger partial charge in [0.1, 0.15) is 51.6 Å². The van der Waals surface area contributed by atoms with Crippen molar-refractivity contribution in [2.24, 2.45) is 65.1 Å². The number of hydrogen-bond acceptors (Lipinski definition) is 5. The van der Waals surface area contributed by atoms with E-state index in [-0.39, 0.29) is 53.3 Å². The Hall–Kier alpha value is -9.41. The van der Waals surface area contributed by atoms with E-state index in [0.717, 1.165) is 127 Å². The van der Waals surface area contributed by atoms with E-state index in [2.05, 4.69) is 123 Å². The van der Waals surface area contributed by atoms with Gasteiger partial charge in [0, 0.05) is 24.3 Å². The maximum absolute atomic E-state index is 14.7. The van der Waals surface area contributed by atoms with E-state index in [1.54, 1.807) is 59.7 Å². The van der Waals surface area contributed by atoms with Gasteiger partial charge in [-0.05, 0) is 357 Å². The highest BCUT2D eigenvalue weighted by atomic mass is 19.4. The van der Waals surface area contributed by atoms with E-state index in [1.807, 2.05) is 12.1 Å². The summed E-state index contributed by atoms with van der Waals surface area (Å²) in [6.45, 7) is 20.1. The average molecular weight is 1970 g/mol. The van der Waals surface area contributed by atoms with Crippen LogP contribution in [0.15, 0.2) is 195 Å². The molecular weight excluding hydrogens is 1830 g/mol. The van der Waals surface area contributed by atoms with Crippen LogP contribution in [-0.4, -0.2) is 19.6 Å². The van der Waals surface area contributed by atoms with Crippen molar-refractivity contribution in [2.45, 2.75) is 308 Å². The molecule has 141 heavy (non-hydrogen) atoms. The minimum atomic E-state index is -4.64. The van der Waals surface area contributed by atoms with Crippen LogP contribution in [0.4, 0.5) is 74.6 Å². The van der Waals surface area contributed by atoms with Crippen LogP contribution in [0.25, 0.3) is 22.3 Å². The van der Waals surface area contributed by atoms with E-state index < -0.39 is 99.4 Å². The van der Waals surface area contributed by atoms with Gasteiger partial charge in [-0.1, -0.05) is 205 Å². The fraction of sp³-hybridized carbons (Fsp3) is 0.513. The van der Waals surface area contributed by atoms with E-state index in [0.29, 0.717) is 66.4 Å². The summed E-state index contributed by atoms with van der Waals surface area (Å²) in [5, 5.41) is 0. The smallest absolute Gasteiger partial charge is 0.429 e. The summed E-state index contributed by atoms with van der Waals surface area (Å²) in [6, 6.07) is 42.0. The molecule has 0 N–H and O–H groups in total. The fourth-order valence-corrected chi connectivity index (χ4v) is 23.4. The number of allylic oxidation sites excluding steroid dienone is 2. The first kappa shape index (κ1) is 109. The Labute approximate surface area is 823 Å². The second-order valence-electron chi connectivity index (χ2n) is 41.1. The SMILES string of the molecule is C=CC1CCC(C2CCC(c3ccc(C)cc3)CC2)CC1.C=CCCC1CCC(C2CCC(c3ccc(C)cc3)CC2)CC1.CCC1CCC(c2ccc(-c3cc(F)c(C(F)(F)Oc4cc(F)c(F)c(F)c4)c(F)c3)cc2)OC1.CCCC1CCC(C2CCC(c3ccc(OC(F)(F)F)cc3)CC2)CC1.CCCC1CCC(c2ccc(-c3cc(F)c(C(F)(F)Oc4cc(F)c(F)c(F)c4)c(F)c3)cc2)OC1. The highest BCUT2D eigenvalue weighted by Crippen LogP contribution is 2.51. The predicted molar refractivity (Wildman–Crippen MR) is 524 cm³/mol. The molecule has 0 bridgehead atoms. The first-order valence-corrected chi connectivity index (χ1v) is 51.7. The highest BCUT2D eigenvalue weighted by Gasteiger charge is 2.45. The number of halogens is 17. The summed E-state index contributed by atoms with van der Waals surface area (Å²) >= 11 is 0. The quantitative estimate of drug-likeness (QED) is 0.0307. The molecule has 4 atom stereocenters. The van der Waals surface area contributed by atoms with Crippen LogP contribution in [0.3, 0.4) is 0 Å². The molecule has 0 aromatic heterocycles. The molecular formula is C119H139F17O5. The molecule has 4 unspecified atom stereocenters. The summed E-state index contributed by atoms with van der Waals surface area (Å²) in [5.41, 5.74) is 6.17. The van der Waals surface area contributed by atoms with Crippen molar-refractivity contribution < 1.29 is 98.3 Å². The summed E-state index contributed by atoms with van der Waals surface area (Å²) in [7, 11) is 0. The molecule has 0 amide bonds. The molecule has 6 saturated carbocycles. The molecule has 0 radical (unpaired) electrons. The number of rotatable bonds is 26. The summed E-state index contributed by atoms with van der Waals surface area (Å²) < 4.78 is 257. The maximum atomic E-state index is 14.7. The molecule has 9 aromatic carbocycles. The second-order valence-corrected chi connectivity index (χ2v) is 41.1. The van der Waals surface area contributed by atoms with Crippen molar-refractivity contribution >= 4 is 0 Å². The Balaban J connectivity index is 0.000000150. The molecule has 9 aromatic rings. The first-order valence-electron chi connectivity index (χ1n) is 51.7. The lowest BCUT2D eigenvalue weighted by Gasteiger charge is -2.38. The van der Waals surface area contributed by atoms with Crippen molar-refractivity contribution in [3.8, 4) is 39.5 Å². The van der Waals surface area contributed by atoms with Crippen molar-refractivity contribution in [3.05, 3.63) is 303 Å². The third-order valence-corrected chi connectivity index (χ3v) is 31.7. The summed E-state index contributed by atoms with van der Waals surface area (Å²) in [5.74, 6) is -8.03. The highest BCUT2D eigenvalue weighted by molar-refractivity contribution is 5.66. The number of ether oxygens (including phenoxy) is 5. The van der Waals surface area contributed by atoms with E-state index in [9.17, 15) is 74.6 Å². The first-order chi connectivity index (χ1) is 67.6. The Bertz CT molecular complexity index is 5280. The molecule has 2 saturated heterocycles. The van der Waals surface area contributed by atoms with Gasteiger partial charge >= 0.3 is 18.6 Å². The second kappa shape index (κ2) is 51.4. The molecule has 8 aliphatic rings. The fourth-order valence-electron chi connectivity index (χ4n) is 23.4. The van der Waals surface area contributed by atoms with Crippen LogP contribution in [0.2, 0.25) is 0 Å². The minimum absolute atomic E-state index is 0.000538. The Kier molecular flexibility index (Phi) is 39.7.